The Morgan fingerprint density at radius 2 is 2.00 bits per heavy atom. The first-order valence-electron chi connectivity index (χ1n) is 10.1. The van der Waals surface area contributed by atoms with Crippen molar-refractivity contribution in [2.24, 2.45) is 0 Å². The van der Waals surface area contributed by atoms with Gasteiger partial charge in [0.05, 0.1) is 19.3 Å². The van der Waals surface area contributed by atoms with E-state index < -0.39 is 10.0 Å². The Labute approximate surface area is 173 Å². The molecule has 0 saturated carbocycles. The van der Waals surface area contributed by atoms with Crippen LogP contribution in [0.3, 0.4) is 0 Å². The standard InChI is InChI=1S/C22H30N2O4S/c1-3-27-20-11-10-18(2)16-22(20)29(25,26)23-12-7-13-24-14-15-28-21(17-24)19-8-5-4-6-9-19/h4-6,8-11,16,21,23H,3,7,12-15,17H2,1-2H3/t21-/m0/s1. The van der Waals surface area contributed by atoms with Crippen LogP contribution in [-0.2, 0) is 14.8 Å². The van der Waals surface area contributed by atoms with Crippen molar-refractivity contribution in [3.8, 4) is 5.75 Å². The molecule has 0 aliphatic carbocycles. The topological polar surface area (TPSA) is 67.9 Å². The van der Waals surface area contributed by atoms with E-state index in [1.165, 1.54) is 5.56 Å². The molecule has 6 nitrogen and oxygen atoms in total. The van der Waals surface area contributed by atoms with E-state index in [4.69, 9.17) is 9.47 Å². The Hall–Kier alpha value is -1.93. The summed E-state index contributed by atoms with van der Waals surface area (Å²) < 4.78 is 39.6. The molecule has 158 valence electrons. The normalized spacial score (nSPS) is 17.9. The third-order valence-corrected chi connectivity index (χ3v) is 6.44. The van der Waals surface area contributed by atoms with Crippen LogP contribution in [0.4, 0.5) is 0 Å². The molecule has 2 aromatic rings. The Balaban J connectivity index is 1.52. The van der Waals surface area contributed by atoms with Crippen LogP contribution in [0.5, 0.6) is 5.75 Å². The molecule has 0 aromatic heterocycles. The van der Waals surface area contributed by atoms with Crippen molar-refractivity contribution in [3.05, 3.63) is 59.7 Å². The lowest BCUT2D eigenvalue weighted by Crippen LogP contribution is -2.39. The maximum absolute atomic E-state index is 12.7. The minimum absolute atomic E-state index is 0.0719. The van der Waals surface area contributed by atoms with E-state index in [2.05, 4.69) is 21.8 Å². The minimum Gasteiger partial charge on any atom is -0.492 e. The maximum atomic E-state index is 12.7. The van der Waals surface area contributed by atoms with Gasteiger partial charge in [0.2, 0.25) is 10.0 Å². The number of sulfonamides is 1. The van der Waals surface area contributed by atoms with Crippen molar-refractivity contribution in [1.82, 2.24) is 9.62 Å². The Kier molecular flexibility index (Phi) is 7.66. The second-order valence-corrected chi connectivity index (χ2v) is 8.94. The Morgan fingerprint density at radius 1 is 1.21 bits per heavy atom. The van der Waals surface area contributed by atoms with E-state index in [-0.39, 0.29) is 11.0 Å². The van der Waals surface area contributed by atoms with Crippen molar-refractivity contribution in [2.45, 2.75) is 31.3 Å². The SMILES string of the molecule is CCOc1ccc(C)cc1S(=O)(=O)NCCCN1CCO[C@H](c2ccccc2)C1. The van der Waals surface area contributed by atoms with Crippen LogP contribution in [0.15, 0.2) is 53.4 Å². The predicted octanol–water partition coefficient (Wildman–Crippen LogP) is 3.14. The van der Waals surface area contributed by atoms with Crippen LogP contribution in [0, 0.1) is 6.92 Å². The number of nitrogens with zero attached hydrogens (tertiary/aromatic N) is 1. The minimum atomic E-state index is -3.61. The monoisotopic (exact) mass is 418 g/mol. The summed E-state index contributed by atoms with van der Waals surface area (Å²) in [7, 11) is -3.61. The van der Waals surface area contributed by atoms with E-state index in [9.17, 15) is 8.42 Å². The summed E-state index contributed by atoms with van der Waals surface area (Å²) >= 11 is 0. The highest BCUT2D eigenvalue weighted by Crippen LogP contribution is 2.25. The lowest BCUT2D eigenvalue weighted by atomic mass is 10.1. The zero-order valence-corrected chi connectivity index (χ0v) is 18.0. The first-order valence-corrected chi connectivity index (χ1v) is 11.6. The molecule has 7 heteroatoms. The van der Waals surface area contributed by atoms with Gasteiger partial charge in [0, 0.05) is 19.6 Å². The molecule has 1 aliphatic rings. The van der Waals surface area contributed by atoms with Gasteiger partial charge in [0.15, 0.2) is 0 Å². The molecule has 0 amide bonds. The van der Waals surface area contributed by atoms with Crippen molar-refractivity contribution >= 4 is 10.0 Å². The van der Waals surface area contributed by atoms with Gasteiger partial charge >= 0.3 is 0 Å². The van der Waals surface area contributed by atoms with Crippen molar-refractivity contribution in [3.63, 3.8) is 0 Å². The van der Waals surface area contributed by atoms with E-state index in [1.54, 1.807) is 12.1 Å². The molecule has 2 aromatic carbocycles. The lowest BCUT2D eigenvalue weighted by molar-refractivity contribution is -0.0300. The van der Waals surface area contributed by atoms with E-state index in [1.807, 2.05) is 38.1 Å². The Morgan fingerprint density at radius 3 is 2.76 bits per heavy atom. The predicted molar refractivity (Wildman–Crippen MR) is 114 cm³/mol. The van der Waals surface area contributed by atoms with Gasteiger partial charge in [0.1, 0.15) is 10.6 Å². The van der Waals surface area contributed by atoms with Gasteiger partial charge in [-0.05, 0) is 50.1 Å². The molecule has 0 unspecified atom stereocenters. The highest BCUT2D eigenvalue weighted by atomic mass is 32.2. The number of nitrogens with one attached hydrogen (secondary N) is 1. The quantitative estimate of drug-likeness (QED) is 0.634. The molecular weight excluding hydrogens is 388 g/mol. The van der Waals surface area contributed by atoms with E-state index >= 15 is 0 Å². The second kappa shape index (κ2) is 10.2. The molecular formula is C22H30N2O4S. The van der Waals surface area contributed by atoms with Crippen molar-refractivity contribution < 1.29 is 17.9 Å². The zero-order chi connectivity index (χ0) is 20.7. The van der Waals surface area contributed by atoms with Crippen LogP contribution < -0.4 is 9.46 Å². The summed E-state index contributed by atoms with van der Waals surface area (Å²) in [5, 5.41) is 0. The summed E-state index contributed by atoms with van der Waals surface area (Å²) in [5.41, 5.74) is 2.06. The van der Waals surface area contributed by atoms with Gasteiger partial charge in [-0.15, -0.1) is 0 Å². The molecule has 1 saturated heterocycles. The number of morpholine rings is 1. The van der Waals surface area contributed by atoms with Gasteiger partial charge in [-0.2, -0.15) is 0 Å². The number of hydrogen-bond donors (Lipinski definition) is 1. The summed E-state index contributed by atoms with van der Waals surface area (Å²) in [6, 6.07) is 15.4. The highest BCUT2D eigenvalue weighted by molar-refractivity contribution is 7.89. The third-order valence-electron chi connectivity index (χ3n) is 4.95. The van der Waals surface area contributed by atoms with Gasteiger partial charge in [-0.1, -0.05) is 36.4 Å². The number of hydrogen-bond acceptors (Lipinski definition) is 5. The lowest BCUT2D eigenvalue weighted by Gasteiger charge is -2.33. The molecule has 1 heterocycles. The number of aryl methyl sites for hydroxylation is 1. The highest BCUT2D eigenvalue weighted by Gasteiger charge is 2.22. The fourth-order valence-electron chi connectivity index (χ4n) is 3.46. The number of rotatable bonds is 9. The smallest absolute Gasteiger partial charge is 0.244 e. The summed E-state index contributed by atoms with van der Waals surface area (Å²) in [5.74, 6) is 0.393. The van der Waals surface area contributed by atoms with E-state index in [0.717, 1.165) is 31.6 Å². The number of ether oxygens (including phenoxy) is 2. The molecule has 0 spiro atoms. The molecule has 0 bridgehead atoms. The van der Waals surface area contributed by atoms with Crippen LogP contribution in [-0.4, -0.2) is 52.7 Å². The molecule has 1 N–H and O–H groups in total. The summed E-state index contributed by atoms with van der Waals surface area (Å²) in [6.45, 7) is 7.71. The molecule has 29 heavy (non-hydrogen) atoms. The van der Waals surface area contributed by atoms with Gasteiger partial charge < -0.3 is 9.47 Å². The van der Waals surface area contributed by atoms with Gasteiger partial charge in [-0.25, -0.2) is 13.1 Å². The van der Waals surface area contributed by atoms with Crippen LogP contribution >= 0.6 is 0 Å². The average Bonchev–Trinajstić information content (AvgIpc) is 2.73. The number of benzene rings is 2. The molecule has 0 radical (unpaired) electrons. The zero-order valence-electron chi connectivity index (χ0n) is 17.1. The molecule has 1 fully saturated rings. The first kappa shape index (κ1) is 21.8. The average molecular weight is 419 g/mol. The van der Waals surface area contributed by atoms with Crippen LogP contribution in [0.25, 0.3) is 0 Å². The molecule has 1 atom stereocenters. The molecule has 3 rings (SSSR count). The Bertz CT molecular complexity index is 887. The van der Waals surface area contributed by atoms with Crippen LogP contribution in [0.1, 0.15) is 30.6 Å². The summed E-state index contributed by atoms with van der Waals surface area (Å²) in [6.07, 6.45) is 0.805. The van der Waals surface area contributed by atoms with E-state index in [0.29, 0.717) is 25.5 Å². The largest absolute Gasteiger partial charge is 0.492 e. The van der Waals surface area contributed by atoms with Gasteiger partial charge in [0.25, 0.3) is 0 Å². The first-order chi connectivity index (χ1) is 14.0. The third kappa shape index (κ3) is 6.02. The second-order valence-electron chi connectivity index (χ2n) is 7.21. The maximum Gasteiger partial charge on any atom is 0.244 e. The molecule has 1 aliphatic heterocycles. The summed E-state index contributed by atoms with van der Waals surface area (Å²) in [4.78, 5) is 2.53. The fraction of sp³-hybridized carbons (Fsp3) is 0.455. The van der Waals surface area contributed by atoms with Crippen molar-refractivity contribution in [1.29, 1.82) is 0 Å². The van der Waals surface area contributed by atoms with Crippen LogP contribution in [0.2, 0.25) is 0 Å². The van der Waals surface area contributed by atoms with Gasteiger partial charge in [-0.3, -0.25) is 4.90 Å². The fourth-order valence-corrected chi connectivity index (χ4v) is 4.76. The van der Waals surface area contributed by atoms with Crippen molar-refractivity contribution in [2.75, 3.05) is 39.4 Å².